The van der Waals surface area contributed by atoms with Crippen molar-refractivity contribution in [2.45, 2.75) is 19.9 Å². The molecule has 0 radical (unpaired) electrons. The Morgan fingerprint density at radius 1 is 1.69 bits per heavy atom. The molecular formula is C7H11N3OS2. The van der Waals surface area contributed by atoms with Crippen LogP contribution in [0.4, 0.5) is 5.82 Å². The van der Waals surface area contributed by atoms with E-state index in [1.807, 2.05) is 6.92 Å². The van der Waals surface area contributed by atoms with Gasteiger partial charge in [0.1, 0.15) is 10.7 Å². The number of nitrogens with two attached hydrogens (primary N) is 2. The lowest BCUT2D eigenvalue weighted by Crippen LogP contribution is -2.13. The molecule has 1 aromatic heterocycles. The molecule has 0 aliphatic heterocycles. The van der Waals surface area contributed by atoms with Gasteiger partial charge >= 0.3 is 0 Å². The maximum absolute atomic E-state index is 10.9. The Labute approximate surface area is 85.2 Å². The molecule has 72 valence electrons. The van der Waals surface area contributed by atoms with Gasteiger partial charge in [0, 0.05) is 6.54 Å². The van der Waals surface area contributed by atoms with Crippen molar-refractivity contribution in [3.63, 3.8) is 0 Å². The molecule has 1 rings (SSSR count). The molecule has 0 aliphatic rings. The smallest absolute Gasteiger partial charge is 0.262 e. The molecule has 4 nitrogen and oxygen atoms in total. The van der Waals surface area contributed by atoms with Gasteiger partial charge in [-0.05, 0) is 18.6 Å². The summed E-state index contributed by atoms with van der Waals surface area (Å²) in [4.78, 5) is 11.2. The number of nitrogens with zero attached hydrogens (tertiary/aromatic N) is 1. The van der Waals surface area contributed by atoms with Gasteiger partial charge < -0.3 is 16.0 Å². The number of carbonyl (C=O) groups excluding carboxylic acids is 1. The monoisotopic (exact) mass is 217 g/mol. The lowest BCUT2D eigenvalue weighted by Gasteiger charge is -2.02. The number of hydrogen-bond donors (Lipinski definition) is 2. The van der Waals surface area contributed by atoms with Crippen LogP contribution in [0.25, 0.3) is 0 Å². The summed E-state index contributed by atoms with van der Waals surface area (Å²) in [6, 6.07) is 0. The second-order valence-electron chi connectivity index (χ2n) is 2.60. The summed E-state index contributed by atoms with van der Waals surface area (Å²) in [7, 11) is 0. The van der Waals surface area contributed by atoms with Crippen LogP contribution in [0, 0.1) is 3.95 Å². The fourth-order valence-corrected chi connectivity index (χ4v) is 2.26. The highest BCUT2D eigenvalue weighted by Crippen LogP contribution is 2.21. The predicted molar refractivity (Wildman–Crippen MR) is 56.4 cm³/mol. The van der Waals surface area contributed by atoms with Crippen LogP contribution >= 0.6 is 23.6 Å². The first-order valence-corrected chi connectivity index (χ1v) is 5.09. The first kappa shape index (κ1) is 10.2. The number of anilines is 1. The molecule has 0 unspecified atom stereocenters. The van der Waals surface area contributed by atoms with Crippen LogP contribution in [0.2, 0.25) is 0 Å². The van der Waals surface area contributed by atoms with Crippen molar-refractivity contribution in [1.82, 2.24) is 4.57 Å². The third-order valence-electron chi connectivity index (χ3n) is 1.60. The van der Waals surface area contributed by atoms with E-state index in [2.05, 4.69) is 0 Å². The van der Waals surface area contributed by atoms with E-state index in [0.29, 0.717) is 14.6 Å². The van der Waals surface area contributed by atoms with Gasteiger partial charge in [-0.2, -0.15) is 0 Å². The zero-order valence-corrected chi connectivity index (χ0v) is 8.87. The van der Waals surface area contributed by atoms with Gasteiger partial charge in [-0.25, -0.2) is 0 Å². The number of primary amides is 1. The molecule has 4 N–H and O–H groups in total. The first-order valence-electron chi connectivity index (χ1n) is 3.86. The molecule has 0 aliphatic carbocycles. The van der Waals surface area contributed by atoms with Crippen molar-refractivity contribution in [2.75, 3.05) is 5.73 Å². The minimum absolute atomic E-state index is 0.360. The van der Waals surface area contributed by atoms with Gasteiger partial charge in [-0.15, -0.1) is 0 Å². The quantitative estimate of drug-likeness (QED) is 0.751. The fraction of sp³-hybridized carbons (Fsp3) is 0.429. The third kappa shape index (κ3) is 1.89. The highest BCUT2D eigenvalue weighted by Gasteiger charge is 2.13. The Kier molecular flexibility index (Phi) is 3.05. The lowest BCUT2D eigenvalue weighted by molar-refractivity contribution is 0.100. The maximum atomic E-state index is 10.9. The van der Waals surface area contributed by atoms with Crippen LogP contribution in [0.15, 0.2) is 0 Å². The molecule has 1 aromatic rings. The SMILES string of the molecule is CCCn1c(N)c(C(N)=O)sc1=S. The zero-order chi connectivity index (χ0) is 10.0. The highest BCUT2D eigenvalue weighted by atomic mass is 32.1. The number of carbonyl (C=O) groups is 1. The van der Waals surface area contributed by atoms with Crippen LogP contribution in [0.1, 0.15) is 23.0 Å². The van der Waals surface area contributed by atoms with Crippen LogP contribution in [-0.2, 0) is 6.54 Å². The van der Waals surface area contributed by atoms with Crippen molar-refractivity contribution < 1.29 is 4.79 Å². The first-order chi connectivity index (χ1) is 6.07. The van der Waals surface area contributed by atoms with Crippen molar-refractivity contribution in [2.24, 2.45) is 5.73 Å². The average Bonchev–Trinajstić information content (AvgIpc) is 2.32. The Bertz CT molecular complexity index is 380. The standard InChI is InChI=1S/C7H11N3OS2/c1-2-3-10-5(8)4(6(9)11)13-7(10)12/h2-3,8H2,1H3,(H2,9,11). The molecule has 1 heterocycles. The van der Waals surface area contributed by atoms with E-state index in [9.17, 15) is 4.79 Å². The molecule has 0 spiro atoms. The summed E-state index contributed by atoms with van der Waals surface area (Å²) in [6.07, 6.45) is 0.924. The highest BCUT2D eigenvalue weighted by molar-refractivity contribution is 7.73. The minimum Gasteiger partial charge on any atom is -0.384 e. The summed E-state index contributed by atoms with van der Waals surface area (Å²) in [6.45, 7) is 2.75. The summed E-state index contributed by atoms with van der Waals surface area (Å²) in [5.41, 5.74) is 10.8. The number of thiazole rings is 1. The number of hydrogen-bond acceptors (Lipinski definition) is 4. The van der Waals surface area contributed by atoms with E-state index in [1.165, 1.54) is 11.3 Å². The molecule has 0 saturated carbocycles. The zero-order valence-electron chi connectivity index (χ0n) is 7.24. The molecule has 0 bridgehead atoms. The third-order valence-corrected chi connectivity index (χ3v) is 3.08. The second kappa shape index (κ2) is 3.89. The summed E-state index contributed by atoms with van der Waals surface area (Å²) in [5, 5.41) is 0. The Hall–Kier alpha value is -0.880. The molecule has 0 atom stereocenters. The molecular weight excluding hydrogens is 206 g/mol. The molecule has 0 saturated heterocycles. The van der Waals surface area contributed by atoms with Crippen LogP contribution in [0.5, 0.6) is 0 Å². The Morgan fingerprint density at radius 2 is 2.31 bits per heavy atom. The van der Waals surface area contributed by atoms with E-state index in [1.54, 1.807) is 4.57 Å². The van der Waals surface area contributed by atoms with E-state index in [4.69, 9.17) is 23.7 Å². The van der Waals surface area contributed by atoms with Gasteiger partial charge in [0.25, 0.3) is 5.91 Å². The summed E-state index contributed by atoms with van der Waals surface area (Å²) in [5.74, 6) is -0.118. The molecule has 0 fully saturated rings. The Morgan fingerprint density at radius 3 is 2.69 bits per heavy atom. The van der Waals surface area contributed by atoms with E-state index < -0.39 is 5.91 Å². The van der Waals surface area contributed by atoms with Gasteiger partial charge in [0.2, 0.25) is 0 Å². The van der Waals surface area contributed by atoms with Gasteiger partial charge in [0.05, 0.1) is 0 Å². The number of amides is 1. The van der Waals surface area contributed by atoms with Crippen molar-refractivity contribution >= 4 is 35.3 Å². The predicted octanol–water partition coefficient (Wildman–Crippen LogP) is 1.37. The van der Waals surface area contributed by atoms with Gasteiger partial charge in [-0.1, -0.05) is 18.3 Å². The number of nitrogen functional groups attached to an aromatic ring is 1. The van der Waals surface area contributed by atoms with Gasteiger partial charge in [0.15, 0.2) is 3.95 Å². The van der Waals surface area contributed by atoms with Crippen LogP contribution < -0.4 is 11.5 Å². The largest absolute Gasteiger partial charge is 0.384 e. The lowest BCUT2D eigenvalue weighted by atomic mass is 10.4. The molecule has 6 heteroatoms. The van der Waals surface area contributed by atoms with Crippen LogP contribution in [-0.4, -0.2) is 10.5 Å². The molecule has 13 heavy (non-hydrogen) atoms. The minimum atomic E-state index is -0.511. The maximum Gasteiger partial charge on any atom is 0.262 e. The molecule has 1 amide bonds. The van der Waals surface area contributed by atoms with Crippen molar-refractivity contribution in [3.8, 4) is 0 Å². The fourth-order valence-electron chi connectivity index (χ4n) is 1.03. The molecule has 0 aromatic carbocycles. The van der Waals surface area contributed by atoms with Crippen molar-refractivity contribution in [3.05, 3.63) is 8.83 Å². The summed E-state index contributed by atoms with van der Waals surface area (Å²) >= 11 is 6.21. The average molecular weight is 217 g/mol. The number of rotatable bonds is 3. The van der Waals surface area contributed by atoms with Gasteiger partial charge in [-0.3, -0.25) is 4.79 Å². The van der Waals surface area contributed by atoms with E-state index in [0.717, 1.165) is 13.0 Å². The Balaban J connectivity index is 3.22. The van der Waals surface area contributed by atoms with E-state index in [-0.39, 0.29) is 0 Å². The van der Waals surface area contributed by atoms with Crippen LogP contribution in [0.3, 0.4) is 0 Å². The topological polar surface area (TPSA) is 74.0 Å². The van der Waals surface area contributed by atoms with Crippen molar-refractivity contribution in [1.29, 1.82) is 0 Å². The summed E-state index contributed by atoms with van der Waals surface area (Å²) < 4.78 is 2.34. The number of aromatic nitrogens is 1. The normalized spacial score (nSPS) is 10.2. The second-order valence-corrected chi connectivity index (χ2v) is 4.24. The van der Waals surface area contributed by atoms with E-state index >= 15 is 0 Å².